The zero-order valence-electron chi connectivity index (χ0n) is 35.2. The summed E-state index contributed by atoms with van der Waals surface area (Å²) in [6.07, 6.45) is 0. The average molecular weight is 576 g/mol. The summed E-state index contributed by atoms with van der Waals surface area (Å²) in [5, 5.41) is 1.47. The van der Waals surface area contributed by atoms with Crippen molar-refractivity contribution < 1.29 is 20.9 Å². The van der Waals surface area contributed by atoms with E-state index in [0.29, 0.717) is 33.2 Å². The lowest BCUT2D eigenvalue weighted by atomic mass is 10.0. The molecule has 7 aromatic carbocycles. The Morgan fingerprint density at radius 1 is 0.364 bits per heavy atom. The Labute approximate surface area is 273 Å². The molecule has 0 spiro atoms. The summed E-state index contributed by atoms with van der Waals surface area (Å²) in [6.45, 7) is 0. The average Bonchev–Trinajstić information content (AvgIpc) is 3.58. The summed E-state index contributed by atoms with van der Waals surface area (Å²) in [6, 6.07) is 22.0. The molecule has 1 aromatic heterocycles. The molecule has 0 aliphatic heterocycles. The van der Waals surface area contributed by atoms with Gasteiger partial charge < -0.3 is 9.32 Å². The van der Waals surface area contributed by atoms with Crippen LogP contribution in [0.4, 0.5) is 17.1 Å². The molecule has 8 aromatic rings. The van der Waals surface area contributed by atoms with Crippen LogP contribution in [0, 0.1) is 0 Å². The Morgan fingerprint density at radius 2 is 0.795 bits per heavy atom. The van der Waals surface area contributed by atoms with Gasteiger partial charge in [-0.1, -0.05) is 121 Å². The van der Waals surface area contributed by atoms with Gasteiger partial charge in [0, 0.05) is 27.8 Å². The first-order valence-electron chi connectivity index (χ1n) is 20.0. The maximum atomic E-state index is 9.38. The molecule has 0 saturated carbocycles. The molecule has 0 radical (unpaired) electrons. The van der Waals surface area contributed by atoms with Crippen LogP contribution in [-0.4, -0.2) is 0 Å². The molecular formula is C42H29NO. The summed E-state index contributed by atoms with van der Waals surface area (Å²) in [4.78, 5) is 0.822. The first-order chi connectivity index (χ1) is 26.8. The number of rotatable bonds is 6. The second kappa shape index (κ2) is 11.1. The van der Waals surface area contributed by atoms with E-state index in [1.165, 1.54) is 0 Å². The molecule has 0 N–H and O–H groups in total. The van der Waals surface area contributed by atoms with Gasteiger partial charge in [0.05, 0.1) is 16.4 Å². The maximum absolute atomic E-state index is 9.38. The van der Waals surface area contributed by atoms with Crippen molar-refractivity contribution >= 4 is 39.0 Å². The Balaban J connectivity index is 1.45. The van der Waals surface area contributed by atoms with Crippen molar-refractivity contribution in [3.8, 4) is 33.4 Å². The molecule has 0 aliphatic rings. The monoisotopic (exact) mass is 575 g/mol. The van der Waals surface area contributed by atoms with Crippen molar-refractivity contribution in [2.45, 2.75) is 0 Å². The third kappa shape index (κ3) is 4.83. The Kier molecular flexibility index (Phi) is 4.06. The first kappa shape index (κ1) is 16.1. The second-order valence-electron chi connectivity index (χ2n) is 10.0. The molecule has 208 valence electrons. The normalized spacial score (nSPS) is 15.0. The van der Waals surface area contributed by atoms with E-state index in [2.05, 4.69) is 0 Å². The summed E-state index contributed by atoms with van der Waals surface area (Å²) in [5.74, 6) is 0. The van der Waals surface area contributed by atoms with E-state index in [4.69, 9.17) is 9.90 Å². The predicted octanol–water partition coefficient (Wildman–Crippen LogP) is 12.1. The van der Waals surface area contributed by atoms with E-state index in [1.807, 2.05) is 24.3 Å². The van der Waals surface area contributed by atoms with Gasteiger partial charge in [-0.15, -0.1) is 0 Å². The third-order valence-electron chi connectivity index (χ3n) is 7.30. The smallest absolute Gasteiger partial charge is 0.135 e. The van der Waals surface area contributed by atoms with Crippen molar-refractivity contribution in [1.29, 1.82) is 0 Å². The Morgan fingerprint density at radius 3 is 1.32 bits per heavy atom. The van der Waals surface area contributed by atoms with Crippen molar-refractivity contribution in [2.24, 2.45) is 0 Å². The third-order valence-corrected chi connectivity index (χ3v) is 7.30. The molecule has 0 fully saturated rings. The lowest BCUT2D eigenvalue weighted by molar-refractivity contribution is 0.669. The van der Waals surface area contributed by atoms with E-state index in [-0.39, 0.29) is 16.7 Å². The van der Waals surface area contributed by atoms with Crippen LogP contribution in [0.3, 0.4) is 0 Å². The molecule has 0 bridgehead atoms. The van der Waals surface area contributed by atoms with Crippen molar-refractivity contribution in [3.05, 3.63) is 176 Å². The fourth-order valence-electron chi connectivity index (χ4n) is 5.11. The molecule has 1 heterocycles. The molecule has 0 amide bonds. The molecular weight excluding hydrogens is 534 g/mol. The van der Waals surface area contributed by atoms with Gasteiger partial charge in [0.15, 0.2) is 0 Å². The molecule has 8 rings (SSSR count). The highest BCUT2D eigenvalue weighted by Gasteiger charge is 2.14. The van der Waals surface area contributed by atoms with Crippen LogP contribution < -0.4 is 4.90 Å². The molecule has 0 atom stereocenters. The standard InChI is InChI=1S/C42H29NO/c1-3-9-30(10-4-1)32-15-22-36(23-16-32)43(37-24-17-33(18-25-37)31-11-5-2-6-12-31)38-26-19-34(20-27-38)35-21-28-42-40(29-35)39-13-7-8-14-41(39)44-42/h1-29H/i15D,16D,17D,18D,19D,20D,22D,23D,24D,25D,26D,27D. The van der Waals surface area contributed by atoms with Crippen LogP contribution in [0.2, 0.25) is 0 Å². The summed E-state index contributed by atoms with van der Waals surface area (Å²) < 4.78 is 116. The maximum Gasteiger partial charge on any atom is 0.135 e. The lowest BCUT2D eigenvalue weighted by Gasteiger charge is -2.26. The number of benzene rings is 7. The van der Waals surface area contributed by atoms with Crippen LogP contribution in [-0.2, 0) is 0 Å². The minimum absolute atomic E-state index is 0.0413. The van der Waals surface area contributed by atoms with Crippen molar-refractivity contribution in [3.63, 3.8) is 0 Å². The highest BCUT2D eigenvalue weighted by Crippen LogP contribution is 2.38. The molecule has 0 unspecified atom stereocenters. The summed E-state index contributed by atoms with van der Waals surface area (Å²) in [7, 11) is 0. The van der Waals surface area contributed by atoms with E-state index in [1.54, 1.807) is 78.9 Å². The van der Waals surface area contributed by atoms with E-state index >= 15 is 0 Å². The zero-order chi connectivity index (χ0) is 39.7. The van der Waals surface area contributed by atoms with Gasteiger partial charge in [0.25, 0.3) is 0 Å². The van der Waals surface area contributed by atoms with Gasteiger partial charge in [-0.25, -0.2) is 0 Å². The summed E-state index contributed by atoms with van der Waals surface area (Å²) >= 11 is 0. The fourth-order valence-corrected chi connectivity index (χ4v) is 5.11. The highest BCUT2D eigenvalue weighted by molar-refractivity contribution is 6.06. The van der Waals surface area contributed by atoms with Crippen LogP contribution in [0.5, 0.6) is 0 Å². The fraction of sp³-hybridized carbons (Fsp3) is 0. The molecule has 2 nitrogen and oxygen atoms in total. The minimum Gasteiger partial charge on any atom is -0.456 e. The number of hydrogen-bond acceptors (Lipinski definition) is 2. The van der Waals surface area contributed by atoms with Gasteiger partial charge in [0.2, 0.25) is 0 Å². The zero-order valence-corrected chi connectivity index (χ0v) is 23.2. The number of para-hydroxylation sites is 1. The number of fused-ring (bicyclic) bond motifs is 3. The molecule has 2 heteroatoms. The Bertz CT molecular complexity index is 2700. The number of furan rings is 1. The highest BCUT2D eigenvalue weighted by atomic mass is 16.3. The van der Waals surface area contributed by atoms with Crippen LogP contribution in [0.25, 0.3) is 55.3 Å². The molecule has 44 heavy (non-hydrogen) atoms. The largest absolute Gasteiger partial charge is 0.456 e. The SMILES string of the molecule is [2H]c1c([2H])c(N(c2c([2H])c([2H])c(-c3ccccc3)c([2H])c2[2H])c2c([2H])c([2H])c(-c3ccc4oc5ccccc5c4c3)c([2H])c2[2H])c([2H])c([2H])c1-c1ccccc1. The number of nitrogens with zero attached hydrogens (tertiary/aromatic N) is 1. The molecule has 0 saturated heterocycles. The van der Waals surface area contributed by atoms with Crippen LogP contribution >= 0.6 is 0 Å². The van der Waals surface area contributed by atoms with Gasteiger partial charge in [-0.3, -0.25) is 0 Å². The molecule has 0 aliphatic carbocycles. The first-order valence-corrected chi connectivity index (χ1v) is 14.0. The van der Waals surface area contributed by atoms with E-state index in [0.717, 1.165) is 10.3 Å². The van der Waals surface area contributed by atoms with Crippen molar-refractivity contribution in [2.75, 3.05) is 4.90 Å². The van der Waals surface area contributed by atoms with Gasteiger partial charge >= 0.3 is 0 Å². The van der Waals surface area contributed by atoms with Crippen LogP contribution in [0.1, 0.15) is 16.4 Å². The predicted molar refractivity (Wildman–Crippen MR) is 185 cm³/mol. The van der Waals surface area contributed by atoms with Gasteiger partial charge in [0.1, 0.15) is 11.2 Å². The number of anilines is 3. The topological polar surface area (TPSA) is 16.4 Å². The van der Waals surface area contributed by atoms with E-state index < -0.39 is 89.6 Å². The lowest BCUT2D eigenvalue weighted by Crippen LogP contribution is -2.09. The van der Waals surface area contributed by atoms with Crippen molar-refractivity contribution in [1.82, 2.24) is 0 Å². The quantitative estimate of drug-likeness (QED) is 0.196. The Hall–Kier alpha value is -5.86. The second-order valence-corrected chi connectivity index (χ2v) is 10.0. The van der Waals surface area contributed by atoms with Gasteiger partial charge in [-0.2, -0.15) is 0 Å². The number of hydrogen-bond donors (Lipinski definition) is 0. The van der Waals surface area contributed by atoms with Crippen LogP contribution in [0.15, 0.2) is 180 Å². The summed E-state index contributed by atoms with van der Waals surface area (Å²) in [5.41, 5.74) is 0.395. The van der Waals surface area contributed by atoms with E-state index in [9.17, 15) is 11.0 Å². The van der Waals surface area contributed by atoms with Gasteiger partial charge in [-0.05, 0) is 87.8 Å². The minimum atomic E-state index is -0.675.